The molecule has 0 aromatic carbocycles. The Hall–Kier alpha value is -1.07. The van der Waals surface area contributed by atoms with Gasteiger partial charge in [-0.15, -0.1) is 0 Å². The van der Waals surface area contributed by atoms with Crippen molar-refractivity contribution in [1.82, 2.24) is 4.90 Å². The van der Waals surface area contributed by atoms with Crippen LogP contribution in [0.3, 0.4) is 0 Å². The van der Waals surface area contributed by atoms with Crippen molar-refractivity contribution < 1.29 is 0 Å². The van der Waals surface area contributed by atoms with Gasteiger partial charge in [-0.25, -0.2) is 0 Å². The van der Waals surface area contributed by atoms with E-state index in [9.17, 15) is 0 Å². The van der Waals surface area contributed by atoms with Gasteiger partial charge in [0.1, 0.15) is 0 Å². The molecule has 1 aliphatic carbocycles. The van der Waals surface area contributed by atoms with Crippen LogP contribution in [0, 0.1) is 16.7 Å². The molecule has 1 heterocycles. The third-order valence-electron chi connectivity index (χ3n) is 4.56. The highest BCUT2D eigenvalue weighted by atomic mass is 15.2. The van der Waals surface area contributed by atoms with Crippen LogP contribution in [-0.4, -0.2) is 24.0 Å². The number of allylic oxidation sites excluding steroid dienone is 2. The molecule has 1 saturated heterocycles. The van der Waals surface area contributed by atoms with Crippen LogP contribution in [0.15, 0.2) is 23.8 Å². The van der Waals surface area contributed by atoms with E-state index in [4.69, 9.17) is 5.26 Å². The largest absolute Gasteiger partial charge is 0.297 e. The van der Waals surface area contributed by atoms with Gasteiger partial charge in [0.15, 0.2) is 0 Å². The maximum absolute atomic E-state index is 8.88. The van der Waals surface area contributed by atoms with Crippen molar-refractivity contribution in [1.29, 1.82) is 5.26 Å². The molecule has 1 unspecified atom stereocenters. The average molecular weight is 244 g/mol. The van der Waals surface area contributed by atoms with E-state index in [1.807, 2.05) is 0 Å². The minimum Gasteiger partial charge on any atom is -0.297 e. The lowest BCUT2D eigenvalue weighted by Gasteiger charge is -2.41. The van der Waals surface area contributed by atoms with Crippen molar-refractivity contribution in [2.75, 3.05) is 13.1 Å². The highest BCUT2D eigenvalue weighted by molar-refractivity contribution is 5.27. The zero-order valence-electron chi connectivity index (χ0n) is 11.7. The van der Waals surface area contributed by atoms with Gasteiger partial charge in [0.25, 0.3) is 0 Å². The molecular weight excluding hydrogens is 220 g/mol. The van der Waals surface area contributed by atoms with Gasteiger partial charge < -0.3 is 0 Å². The summed E-state index contributed by atoms with van der Waals surface area (Å²) < 4.78 is 0. The first-order chi connectivity index (χ1) is 8.64. The van der Waals surface area contributed by atoms with Gasteiger partial charge in [-0.2, -0.15) is 5.26 Å². The van der Waals surface area contributed by atoms with E-state index in [1.54, 1.807) is 0 Å². The number of hydrogen-bond acceptors (Lipinski definition) is 2. The van der Waals surface area contributed by atoms with Crippen LogP contribution in [0.5, 0.6) is 0 Å². The summed E-state index contributed by atoms with van der Waals surface area (Å²) in [5.41, 5.74) is 1.73. The summed E-state index contributed by atoms with van der Waals surface area (Å²) in [4.78, 5) is 2.57. The number of hydrogen-bond donors (Lipinski definition) is 0. The van der Waals surface area contributed by atoms with Crippen LogP contribution in [0.4, 0.5) is 0 Å². The predicted octanol–water partition coefficient (Wildman–Crippen LogP) is 3.67. The van der Waals surface area contributed by atoms with Gasteiger partial charge >= 0.3 is 0 Å². The summed E-state index contributed by atoms with van der Waals surface area (Å²) in [7, 11) is 0. The van der Waals surface area contributed by atoms with Crippen LogP contribution in [0.1, 0.15) is 46.0 Å². The molecule has 0 radical (unpaired) electrons. The third-order valence-corrected chi connectivity index (χ3v) is 4.56. The molecule has 0 aromatic rings. The molecule has 2 aliphatic rings. The number of likely N-dealkylation sites (tertiary alicyclic amines) is 1. The van der Waals surface area contributed by atoms with Crippen LogP contribution >= 0.6 is 0 Å². The monoisotopic (exact) mass is 244 g/mol. The summed E-state index contributed by atoms with van der Waals surface area (Å²) in [6, 6.07) is 2.88. The Kier molecular flexibility index (Phi) is 4.24. The molecule has 0 N–H and O–H groups in total. The SMILES string of the molecule is CC(C1=CCCC=C1)N1CCC(C)(CC#N)CC1. The quantitative estimate of drug-likeness (QED) is 0.757. The van der Waals surface area contributed by atoms with Gasteiger partial charge in [0.05, 0.1) is 6.07 Å². The zero-order valence-corrected chi connectivity index (χ0v) is 11.7. The first kappa shape index (κ1) is 13.4. The second-order valence-electron chi connectivity index (χ2n) is 6.04. The van der Waals surface area contributed by atoms with Gasteiger partial charge in [-0.3, -0.25) is 4.90 Å². The molecule has 0 saturated carbocycles. The van der Waals surface area contributed by atoms with Gasteiger partial charge in [-0.1, -0.05) is 25.2 Å². The van der Waals surface area contributed by atoms with Crippen LogP contribution in [0.25, 0.3) is 0 Å². The molecule has 1 fully saturated rings. The molecule has 2 heteroatoms. The average Bonchev–Trinajstić information content (AvgIpc) is 2.40. The summed E-state index contributed by atoms with van der Waals surface area (Å²) in [5, 5.41) is 8.88. The topological polar surface area (TPSA) is 27.0 Å². The van der Waals surface area contributed by atoms with Crippen LogP contribution in [0.2, 0.25) is 0 Å². The maximum atomic E-state index is 8.88. The highest BCUT2D eigenvalue weighted by Crippen LogP contribution is 2.35. The molecule has 2 nitrogen and oxygen atoms in total. The highest BCUT2D eigenvalue weighted by Gasteiger charge is 2.31. The Labute approximate surface area is 111 Å². The van der Waals surface area contributed by atoms with Crippen molar-refractivity contribution >= 4 is 0 Å². The molecule has 0 amide bonds. The predicted molar refractivity (Wildman–Crippen MR) is 75.1 cm³/mol. The van der Waals surface area contributed by atoms with Crippen molar-refractivity contribution in [3.63, 3.8) is 0 Å². The van der Waals surface area contributed by atoms with Crippen LogP contribution in [-0.2, 0) is 0 Å². The fourth-order valence-corrected chi connectivity index (χ4v) is 2.97. The normalized spacial score (nSPS) is 25.3. The van der Waals surface area contributed by atoms with Crippen molar-refractivity contribution in [2.24, 2.45) is 5.41 Å². The Balaban J connectivity index is 1.91. The molecule has 2 rings (SSSR count). The van der Waals surface area contributed by atoms with E-state index in [1.165, 1.54) is 18.4 Å². The first-order valence-electron chi connectivity index (χ1n) is 7.12. The summed E-state index contributed by atoms with van der Waals surface area (Å²) in [6.45, 7) is 6.83. The van der Waals surface area contributed by atoms with Gasteiger partial charge in [0, 0.05) is 12.5 Å². The Morgan fingerprint density at radius 2 is 2.11 bits per heavy atom. The lowest BCUT2D eigenvalue weighted by molar-refractivity contribution is 0.104. The van der Waals surface area contributed by atoms with E-state index in [2.05, 4.69) is 43.0 Å². The molecule has 1 atom stereocenters. The van der Waals surface area contributed by atoms with E-state index in [0.29, 0.717) is 12.5 Å². The Bertz CT molecular complexity index is 378. The summed E-state index contributed by atoms with van der Waals surface area (Å²) >= 11 is 0. The molecule has 18 heavy (non-hydrogen) atoms. The Morgan fingerprint density at radius 3 is 2.67 bits per heavy atom. The number of nitriles is 1. The second kappa shape index (κ2) is 5.71. The summed E-state index contributed by atoms with van der Waals surface area (Å²) in [5.74, 6) is 0. The van der Waals surface area contributed by atoms with E-state index < -0.39 is 0 Å². The van der Waals surface area contributed by atoms with Crippen molar-refractivity contribution in [2.45, 2.75) is 52.0 Å². The van der Waals surface area contributed by atoms with Crippen LogP contribution < -0.4 is 0 Å². The Morgan fingerprint density at radius 1 is 1.39 bits per heavy atom. The fourth-order valence-electron chi connectivity index (χ4n) is 2.97. The molecule has 98 valence electrons. The maximum Gasteiger partial charge on any atom is 0.0627 e. The lowest BCUT2D eigenvalue weighted by Crippen LogP contribution is -2.43. The molecular formula is C16H24N2. The van der Waals surface area contributed by atoms with Gasteiger partial charge in [0.2, 0.25) is 0 Å². The number of rotatable bonds is 3. The number of nitrogens with zero attached hydrogens (tertiary/aromatic N) is 2. The second-order valence-corrected chi connectivity index (χ2v) is 6.04. The first-order valence-corrected chi connectivity index (χ1v) is 7.12. The van der Waals surface area contributed by atoms with E-state index >= 15 is 0 Å². The van der Waals surface area contributed by atoms with E-state index in [-0.39, 0.29) is 5.41 Å². The number of piperidine rings is 1. The molecule has 1 aliphatic heterocycles. The summed E-state index contributed by atoms with van der Waals surface area (Å²) in [6.07, 6.45) is 12.4. The molecule has 0 spiro atoms. The third kappa shape index (κ3) is 3.03. The molecule has 0 aromatic heterocycles. The van der Waals surface area contributed by atoms with Crippen molar-refractivity contribution in [3.8, 4) is 6.07 Å². The van der Waals surface area contributed by atoms with Crippen molar-refractivity contribution in [3.05, 3.63) is 23.8 Å². The van der Waals surface area contributed by atoms with E-state index in [0.717, 1.165) is 25.9 Å². The minimum absolute atomic E-state index is 0.252. The zero-order chi connectivity index (χ0) is 13.0. The fraction of sp³-hybridized carbons (Fsp3) is 0.688. The smallest absolute Gasteiger partial charge is 0.0627 e. The van der Waals surface area contributed by atoms with Gasteiger partial charge in [-0.05, 0) is 56.7 Å². The standard InChI is InChI=1S/C16H24N2/c1-14(15-6-4-3-5-7-15)18-12-9-16(2,8-11-17)10-13-18/h4,6-7,14H,3,5,8-10,12-13H2,1-2H3. The molecule has 0 bridgehead atoms. The minimum atomic E-state index is 0.252. The lowest BCUT2D eigenvalue weighted by atomic mass is 9.77.